The normalized spacial score (nSPS) is 13.3. The van der Waals surface area contributed by atoms with E-state index >= 15 is 0 Å². The maximum absolute atomic E-state index is 8.80. The van der Waals surface area contributed by atoms with Gasteiger partial charge in [-0.25, -0.2) is 4.98 Å². The number of imidazole rings is 1. The van der Waals surface area contributed by atoms with Crippen LogP contribution in [-0.2, 0) is 26.5 Å². The van der Waals surface area contributed by atoms with Crippen LogP contribution in [0.5, 0.6) is 0 Å². The summed E-state index contributed by atoms with van der Waals surface area (Å²) >= 11 is -2.36. The van der Waals surface area contributed by atoms with Crippen molar-refractivity contribution in [2.24, 2.45) is 5.41 Å². The molecule has 0 amide bonds. The molecule has 0 bridgehead atoms. The number of rotatable bonds is 7. The van der Waals surface area contributed by atoms with Gasteiger partial charge in [-0.05, 0) is 42.3 Å². The summed E-state index contributed by atoms with van der Waals surface area (Å²) in [5.41, 5.74) is 12.2. The third kappa shape index (κ3) is 9.19. The fourth-order valence-electron chi connectivity index (χ4n) is 8.08. The Labute approximate surface area is 400 Å². The van der Waals surface area contributed by atoms with Crippen molar-refractivity contribution in [1.82, 2.24) is 19.5 Å². The fraction of sp³-hybridized carbons (Fsp3) is 0.175. The van der Waals surface area contributed by atoms with E-state index in [4.69, 9.17) is 16.3 Å². The second-order valence-electron chi connectivity index (χ2n) is 17.9. The molecule has 321 valence electrons. The molecule has 1 radical (unpaired) electrons. The quantitative estimate of drug-likeness (QED) is 0.118. The number of hydrogen-bond donors (Lipinski definition) is 0. The summed E-state index contributed by atoms with van der Waals surface area (Å²) in [7, 11) is 0. The molecule has 64 heavy (non-hydrogen) atoms. The van der Waals surface area contributed by atoms with E-state index in [9.17, 15) is 0 Å². The molecule has 0 fully saturated rings. The van der Waals surface area contributed by atoms with Gasteiger partial charge in [0, 0.05) is 42.3 Å². The van der Waals surface area contributed by atoms with Crippen LogP contribution in [0.1, 0.15) is 44.4 Å². The van der Waals surface area contributed by atoms with Gasteiger partial charge in [-0.2, -0.15) is 0 Å². The minimum absolute atomic E-state index is 0. The second kappa shape index (κ2) is 18.3. The van der Waals surface area contributed by atoms with E-state index in [1.165, 1.54) is 6.07 Å². The molecule has 5 nitrogen and oxygen atoms in total. The molecule has 4 aromatic heterocycles. The van der Waals surface area contributed by atoms with Gasteiger partial charge in [0.25, 0.3) is 0 Å². The van der Waals surface area contributed by atoms with E-state index in [-0.39, 0.29) is 25.7 Å². The Balaban J connectivity index is 0.000000201. The molecular formula is C57H52GeIrN4O-2. The van der Waals surface area contributed by atoms with Gasteiger partial charge in [0.05, 0.1) is 28.1 Å². The third-order valence-corrected chi connectivity index (χ3v) is 15.2. The molecule has 4 heterocycles. The van der Waals surface area contributed by atoms with Gasteiger partial charge >= 0.3 is 145 Å². The van der Waals surface area contributed by atoms with E-state index in [1.54, 1.807) is 12.1 Å². The van der Waals surface area contributed by atoms with Crippen molar-refractivity contribution in [3.05, 3.63) is 187 Å². The summed E-state index contributed by atoms with van der Waals surface area (Å²) in [6.07, 6.45) is 0.303. The summed E-state index contributed by atoms with van der Waals surface area (Å²) in [5.74, 6) is 7.47. The first kappa shape index (κ1) is 38.5. The largest absolute Gasteiger partial charge is 0 e. The number of nitrogens with zero attached hydrogens (tertiary/aromatic N) is 4. The minimum Gasteiger partial charge on any atom is 0 e. The molecule has 10 rings (SSSR count). The van der Waals surface area contributed by atoms with E-state index in [2.05, 4.69) is 147 Å². The molecule has 0 aliphatic rings. The standard InChI is InChI=1S/C37H24N3O.C20H28GeN.Ir/c1-24-22-23-30-29-18-11-19-31(35(29)41-37(30)38-24)36-39-32-20-8-9-21-33(32)40(36)34-27(25-12-4-2-5-13-25)16-10-17-28(34)26-14-6-3-7-15-26;1-15-8-10-16(11-9-15)19-12-17(13-20(2,3)4)18(14-22-19)21(5,6)7;/h2-18,20-23H,1H3;8-10,12,14H,13H2,1-7H3;/q2*-1;/i;1D3,13D2;. The topological polar surface area (TPSA) is 56.7 Å². The monoisotopic (exact) mass is 1080 g/mol. The maximum atomic E-state index is 8.80. The zero-order valence-corrected chi connectivity index (χ0v) is 41.5. The molecule has 0 N–H and O–H groups in total. The average molecular weight is 1080 g/mol. The van der Waals surface area contributed by atoms with Crippen LogP contribution >= 0.6 is 0 Å². The molecule has 0 saturated heterocycles. The van der Waals surface area contributed by atoms with Crippen LogP contribution < -0.4 is 4.40 Å². The Bertz CT molecular complexity index is 3390. The summed E-state index contributed by atoms with van der Waals surface area (Å²) in [6, 6.07) is 57.0. The molecule has 0 unspecified atom stereocenters. The number of furan rings is 1. The SMILES string of the molecule is Cc1ccc2c(n1)oc1c(-c3nc4ccccc4n3-c3c(-c4ccccc4)cccc3-c3ccccc3)[c-]ccc12.[2H]C([2H])([2H])c1c[c-]c(-c2cc(C([2H])([2H])C(C)(C)C)[c]([Ge]([CH3])([CH3])[CH3])cn2)cc1.[Ir]. The predicted octanol–water partition coefficient (Wildman–Crippen LogP) is 14.4. The molecular weight excluding hydrogens is 1020 g/mol. The minimum atomic E-state index is -2.36. The van der Waals surface area contributed by atoms with Crippen LogP contribution in [0.4, 0.5) is 0 Å². The molecule has 0 aliphatic heterocycles. The van der Waals surface area contributed by atoms with E-state index < -0.39 is 31.9 Å². The van der Waals surface area contributed by atoms with Crippen LogP contribution in [0.25, 0.3) is 83.7 Å². The number of fused-ring (bicyclic) bond motifs is 4. The van der Waals surface area contributed by atoms with Gasteiger partial charge in [0.15, 0.2) is 0 Å². The van der Waals surface area contributed by atoms with Crippen molar-refractivity contribution in [3.8, 4) is 50.6 Å². The predicted molar refractivity (Wildman–Crippen MR) is 265 cm³/mol. The summed E-state index contributed by atoms with van der Waals surface area (Å²) in [6.45, 7) is 5.53. The van der Waals surface area contributed by atoms with Crippen LogP contribution in [0.3, 0.4) is 0 Å². The Morgan fingerprint density at radius 1 is 0.750 bits per heavy atom. The first-order valence-electron chi connectivity index (χ1n) is 23.8. The number of aromatic nitrogens is 4. The number of benzene rings is 6. The van der Waals surface area contributed by atoms with E-state index in [0.717, 1.165) is 76.8 Å². The second-order valence-corrected chi connectivity index (χ2v) is 28.5. The molecule has 0 aliphatic carbocycles. The van der Waals surface area contributed by atoms with Crippen molar-refractivity contribution in [1.29, 1.82) is 0 Å². The van der Waals surface area contributed by atoms with Crippen LogP contribution in [-0.4, -0.2) is 32.8 Å². The Hall–Kier alpha value is -5.92. The van der Waals surface area contributed by atoms with Crippen LogP contribution in [0.2, 0.25) is 17.3 Å². The zero-order valence-electron chi connectivity index (χ0n) is 42.0. The van der Waals surface area contributed by atoms with Crippen molar-refractivity contribution >= 4 is 50.8 Å². The Morgan fingerprint density at radius 3 is 2.08 bits per heavy atom. The summed E-state index contributed by atoms with van der Waals surface area (Å²) < 4.78 is 49.8. The molecule has 7 heteroatoms. The van der Waals surface area contributed by atoms with Crippen LogP contribution in [0.15, 0.2) is 162 Å². The summed E-state index contributed by atoms with van der Waals surface area (Å²) in [4.78, 5) is 14.5. The van der Waals surface area contributed by atoms with Gasteiger partial charge in [-0.1, -0.05) is 102 Å². The smallest absolute Gasteiger partial charge is 0 e. The number of aryl methyl sites for hydroxylation is 2. The van der Waals surface area contributed by atoms with Crippen molar-refractivity contribution in [3.63, 3.8) is 0 Å². The molecule has 0 saturated carbocycles. The Morgan fingerprint density at radius 2 is 1.44 bits per heavy atom. The Kier molecular flexibility index (Phi) is 11.0. The number of hydrogen-bond acceptors (Lipinski definition) is 4. The number of para-hydroxylation sites is 3. The van der Waals surface area contributed by atoms with Crippen molar-refractivity contribution < 1.29 is 31.4 Å². The van der Waals surface area contributed by atoms with Gasteiger partial charge in [-0.3, -0.25) is 4.98 Å². The maximum Gasteiger partial charge on any atom is 0 e. The van der Waals surface area contributed by atoms with Gasteiger partial charge < -0.3 is 8.98 Å². The molecule has 6 aromatic carbocycles. The van der Waals surface area contributed by atoms with Crippen molar-refractivity contribution in [2.45, 2.75) is 58.2 Å². The summed E-state index contributed by atoms with van der Waals surface area (Å²) in [5, 5.41) is 1.98. The zero-order chi connectivity index (χ0) is 48.2. The molecule has 0 spiro atoms. The van der Waals surface area contributed by atoms with Gasteiger partial charge in [0.1, 0.15) is 0 Å². The third-order valence-electron chi connectivity index (χ3n) is 11.0. The van der Waals surface area contributed by atoms with Gasteiger partial charge in [-0.15, -0.1) is 18.2 Å². The van der Waals surface area contributed by atoms with Crippen LogP contribution in [0, 0.1) is 31.3 Å². The van der Waals surface area contributed by atoms with Gasteiger partial charge in [0.2, 0.25) is 5.71 Å². The van der Waals surface area contributed by atoms with Crippen molar-refractivity contribution in [2.75, 3.05) is 0 Å². The first-order chi connectivity index (χ1) is 32.3. The van der Waals surface area contributed by atoms with E-state index in [0.29, 0.717) is 22.5 Å². The van der Waals surface area contributed by atoms with E-state index in [1.807, 2.05) is 64.2 Å². The number of pyridine rings is 2. The first-order valence-corrected chi connectivity index (χ1v) is 28.6. The molecule has 10 aromatic rings. The fourth-order valence-corrected chi connectivity index (χ4v) is 11.0. The average Bonchev–Trinajstić information content (AvgIpc) is 3.89. The molecule has 0 atom stereocenters.